The van der Waals surface area contributed by atoms with Crippen LogP contribution in [0.25, 0.3) is 0 Å². The minimum atomic E-state index is 0. The highest BCUT2D eigenvalue weighted by Gasteiger charge is 2.02. The Kier molecular flexibility index (Phi) is 11.1. The van der Waals surface area contributed by atoms with Crippen molar-refractivity contribution in [1.82, 2.24) is 15.6 Å². The van der Waals surface area contributed by atoms with Gasteiger partial charge in [0.05, 0.1) is 11.6 Å². The van der Waals surface area contributed by atoms with E-state index >= 15 is 0 Å². The Hall–Kier alpha value is -0.870. The Morgan fingerprint density at radius 1 is 1.24 bits per heavy atom. The normalized spacial score (nSPS) is 10.9. The number of halogens is 2. The number of nitrogens with one attached hydrogen (secondary N) is 2. The first-order valence-corrected chi connectivity index (χ1v) is 9.58. The molecule has 0 fully saturated rings. The molecule has 1 aromatic carbocycles. The molecule has 0 atom stereocenters. The summed E-state index contributed by atoms with van der Waals surface area (Å²) in [4.78, 5) is 9.96. The first kappa shape index (κ1) is 22.2. The maximum absolute atomic E-state index is 5.67. The second kappa shape index (κ2) is 12.5. The predicted molar refractivity (Wildman–Crippen MR) is 120 cm³/mol. The fourth-order valence-electron chi connectivity index (χ4n) is 2.00. The van der Waals surface area contributed by atoms with Crippen molar-refractivity contribution in [1.29, 1.82) is 0 Å². The topological polar surface area (TPSA) is 58.5 Å². The number of hydrogen-bond acceptors (Lipinski definition) is 4. The second-order valence-corrected chi connectivity index (χ2v) is 7.17. The van der Waals surface area contributed by atoms with Crippen LogP contribution in [0.3, 0.4) is 0 Å². The van der Waals surface area contributed by atoms with Gasteiger partial charge in [0, 0.05) is 35.6 Å². The number of aromatic nitrogens is 1. The highest BCUT2D eigenvalue weighted by atomic mass is 127. The van der Waals surface area contributed by atoms with Crippen molar-refractivity contribution in [2.75, 3.05) is 26.7 Å². The molecule has 138 valence electrons. The van der Waals surface area contributed by atoms with E-state index in [9.17, 15) is 0 Å². The number of thiazole rings is 1. The van der Waals surface area contributed by atoms with Gasteiger partial charge >= 0.3 is 0 Å². The van der Waals surface area contributed by atoms with E-state index in [0.29, 0.717) is 13.2 Å². The number of guanidine groups is 1. The predicted octanol–water partition coefficient (Wildman–Crippen LogP) is 3.87. The molecule has 25 heavy (non-hydrogen) atoms. The molecule has 1 aromatic heterocycles. The molecule has 5 nitrogen and oxygen atoms in total. The third-order valence-corrected chi connectivity index (χ3v) is 5.01. The summed E-state index contributed by atoms with van der Waals surface area (Å²) in [6, 6.07) is 7.81. The van der Waals surface area contributed by atoms with Gasteiger partial charge in [0.15, 0.2) is 5.96 Å². The monoisotopic (exact) mass is 538 g/mol. The van der Waals surface area contributed by atoms with Gasteiger partial charge in [0.1, 0.15) is 12.4 Å². The van der Waals surface area contributed by atoms with E-state index in [-0.39, 0.29) is 24.0 Å². The number of aliphatic imine (C=N–C) groups is 1. The van der Waals surface area contributed by atoms with Gasteiger partial charge in [0.2, 0.25) is 0 Å². The van der Waals surface area contributed by atoms with Gasteiger partial charge in [-0.15, -0.1) is 35.3 Å². The standard InChI is InChI=1S/C17H23BrN4OS.HI/c1-3-15-12-22-16(24-15)8-9-20-17(19-2)21-10-11-23-14-6-4-13(18)5-7-14;/h4-7,12H,3,8-11H2,1-2H3,(H2,19,20,21);1H. The summed E-state index contributed by atoms with van der Waals surface area (Å²) in [6.45, 7) is 4.23. The number of rotatable bonds is 8. The van der Waals surface area contributed by atoms with Gasteiger partial charge in [0.25, 0.3) is 0 Å². The first-order valence-electron chi connectivity index (χ1n) is 7.97. The molecule has 0 bridgehead atoms. The van der Waals surface area contributed by atoms with Gasteiger partial charge in [-0.05, 0) is 30.7 Å². The van der Waals surface area contributed by atoms with Crippen LogP contribution < -0.4 is 15.4 Å². The smallest absolute Gasteiger partial charge is 0.191 e. The average molecular weight is 539 g/mol. The number of ether oxygens (including phenoxy) is 1. The van der Waals surface area contributed by atoms with E-state index in [1.165, 1.54) is 4.88 Å². The molecule has 1 heterocycles. The minimum Gasteiger partial charge on any atom is -0.492 e. The molecule has 0 aliphatic carbocycles. The lowest BCUT2D eigenvalue weighted by Crippen LogP contribution is -2.40. The van der Waals surface area contributed by atoms with Crippen molar-refractivity contribution in [3.63, 3.8) is 0 Å². The van der Waals surface area contributed by atoms with Crippen LogP contribution in [0, 0.1) is 0 Å². The summed E-state index contributed by atoms with van der Waals surface area (Å²) in [5, 5.41) is 7.70. The molecular formula is C17H24BrIN4OS. The van der Waals surface area contributed by atoms with Crippen molar-refractivity contribution >= 4 is 57.2 Å². The summed E-state index contributed by atoms with van der Waals surface area (Å²) in [7, 11) is 1.77. The summed E-state index contributed by atoms with van der Waals surface area (Å²) in [5.41, 5.74) is 0. The minimum absolute atomic E-state index is 0. The summed E-state index contributed by atoms with van der Waals surface area (Å²) >= 11 is 5.18. The Balaban J connectivity index is 0.00000312. The van der Waals surface area contributed by atoms with Crippen LogP contribution in [0.15, 0.2) is 39.9 Å². The molecule has 2 N–H and O–H groups in total. The molecule has 2 rings (SSSR count). The summed E-state index contributed by atoms with van der Waals surface area (Å²) < 4.78 is 6.72. The van der Waals surface area contributed by atoms with Crippen LogP contribution in [-0.2, 0) is 12.8 Å². The van der Waals surface area contributed by atoms with E-state index in [2.05, 4.69) is 43.5 Å². The maximum atomic E-state index is 5.67. The third kappa shape index (κ3) is 8.37. The van der Waals surface area contributed by atoms with Crippen LogP contribution >= 0.6 is 51.2 Å². The largest absolute Gasteiger partial charge is 0.492 e. The quantitative estimate of drug-likeness (QED) is 0.232. The number of aryl methyl sites for hydroxylation is 1. The van der Waals surface area contributed by atoms with Crippen molar-refractivity contribution in [3.8, 4) is 5.75 Å². The maximum Gasteiger partial charge on any atom is 0.191 e. The van der Waals surface area contributed by atoms with Gasteiger partial charge < -0.3 is 15.4 Å². The fraction of sp³-hybridized carbons (Fsp3) is 0.412. The molecule has 0 aliphatic heterocycles. The lowest BCUT2D eigenvalue weighted by Gasteiger charge is -2.12. The zero-order chi connectivity index (χ0) is 17.2. The van der Waals surface area contributed by atoms with E-state index < -0.39 is 0 Å². The van der Waals surface area contributed by atoms with E-state index in [4.69, 9.17) is 4.74 Å². The van der Waals surface area contributed by atoms with Gasteiger partial charge in [-0.25, -0.2) is 4.98 Å². The first-order chi connectivity index (χ1) is 11.7. The zero-order valence-corrected chi connectivity index (χ0v) is 19.2. The van der Waals surface area contributed by atoms with Gasteiger partial charge in [-0.3, -0.25) is 4.99 Å². The van der Waals surface area contributed by atoms with Crippen molar-refractivity contribution in [3.05, 3.63) is 44.8 Å². The molecular weight excluding hydrogens is 515 g/mol. The van der Waals surface area contributed by atoms with Crippen molar-refractivity contribution in [2.24, 2.45) is 4.99 Å². The van der Waals surface area contributed by atoms with Crippen LogP contribution in [0.1, 0.15) is 16.8 Å². The van der Waals surface area contributed by atoms with Crippen LogP contribution in [0.4, 0.5) is 0 Å². The second-order valence-electron chi connectivity index (χ2n) is 5.05. The Morgan fingerprint density at radius 3 is 2.60 bits per heavy atom. The summed E-state index contributed by atoms with van der Waals surface area (Å²) in [6.07, 6.45) is 3.92. The fourth-order valence-corrected chi connectivity index (χ4v) is 3.13. The third-order valence-electron chi connectivity index (χ3n) is 3.28. The van der Waals surface area contributed by atoms with E-state index in [0.717, 1.165) is 40.6 Å². The molecule has 0 unspecified atom stereocenters. The molecule has 0 amide bonds. The summed E-state index contributed by atoms with van der Waals surface area (Å²) in [5.74, 6) is 1.64. The lowest BCUT2D eigenvalue weighted by atomic mass is 10.3. The Bertz CT molecular complexity index is 648. The van der Waals surface area contributed by atoms with Gasteiger partial charge in [-0.1, -0.05) is 22.9 Å². The highest BCUT2D eigenvalue weighted by molar-refractivity contribution is 14.0. The molecule has 0 saturated heterocycles. The Morgan fingerprint density at radius 2 is 1.96 bits per heavy atom. The lowest BCUT2D eigenvalue weighted by molar-refractivity contribution is 0.322. The van der Waals surface area contributed by atoms with Crippen molar-refractivity contribution < 1.29 is 4.74 Å². The molecule has 0 aliphatic rings. The number of hydrogen-bond donors (Lipinski definition) is 2. The van der Waals surface area contributed by atoms with E-state index in [1.807, 2.05) is 30.5 Å². The average Bonchev–Trinajstić information content (AvgIpc) is 3.06. The van der Waals surface area contributed by atoms with Crippen LogP contribution in [-0.4, -0.2) is 37.7 Å². The van der Waals surface area contributed by atoms with Crippen LogP contribution in [0.5, 0.6) is 5.75 Å². The van der Waals surface area contributed by atoms with Gasteiger partial charge in [-0.2, -0.15) is 0 Å². The highest BCUT2D eigenvalue weighted by Crippen LogP contribution is 2.15. The molecule has 0 saturated carbocycles. The molecule has 0 spiro atoms. The zero-order valence-electron chi connectivity index (χ0n) is 14.4. The number of benzene rings is 1. The molecule has 2 aromatic rings. The molecule has 0 radical (unpaired) electrons. The van der Waals surface area contributed by atoms with Crippen LogP contribution in [0.2, 0.25) is 0 Å². The van der Waals surface area contributed by atoms with Crippen molar-refractivity contribution in [2.45, 2.75) is 19.8 Å². The van der Waals surface area contributed by atoms with E-state index in [1.54, 1.807) is 18.4 Å². The number of nitrogens with zero attached hydrogens (tertiary/aromatic N) is 2. The SMILES string of the molecule is CCc1cnc(CCNC(=NC)NCCOc2ccc(Br)cc2)s1.I. The Labute approximate surface area is 178 Å². The molecule has 8 heteroatoms.